The summed E-state index contributed by atoms with van der Waals surface area (Å²) in [6.45, 7) is 1.39. The molecule has 0 bridgehead atoms. The van der Waals surface area contributed by atoms with Crippen molar-refractivity contribution in [1.82, 2.24) is 14.5 Å². The summed E-state index contributed by atoms with van der Waals surface area (Å²) in [6, 6.07) is 0. The lowest BCUT2D eigenvalue weighted by atomic mass is 10.2. The van der Waals surface area contributed by atoms with E-state index in [1.54, 1.807) is 17.7 Å². The van der Waals surface area contributed by atoms with Gasteiger partial charge in [0.25, 0.3) is 5.56 Å². The molecule has 0 saturated carbocycles. The molecule has 8 heteroatoms. The van der Waals surface area contributed by atoms with Crippen molar-refractivity contribution in [3.63, 3.8) is 0 Å². The van der Waals surface area contributed by atoms with Crippen LogP contribution in [0, 0.1) is 11.8 Å². The van der Waals surface area contributed by atoms with Gasteiger partial charge in [-0.1, -0.05) is 5.92 Å². The van der Waals surface area contributed by atoms with Crippen LogP contribution in [0.1, 0.15) is 25.1 Å². The molecule has 3 rings (SSSR count). The van der Waals surface area contributed by atoms with Gasteiger partial charge in [-0.3, -0.25) is 9.78 Å². The minimum absolute atomic E-state index is 0.00927. The summed E-state index contributed by atoms with van der Waals surface area (Å²) < 4.78 is 7.18. The Hall–Kier alpha value is -2.34. The minimum atomic E-state index is -0.797. The van der Waals surface area contributed by atoms with Gasteiger partial charge in [-0.25, -0.2) is 4.98 Å². The van der Waals surface area contributed by atoms with Crippen molar-refractivity contribution < 1.29 is 14.9 Å². The van der Waals surface area contributed by atoms with E-state index in [1.165, 1.54) is 0 Å². The van der Waals surface area contributed by atoms with E-state index in [1.807, 2.05) is 0 Å². The molecule has 1 fully saturated rings. The summed E-state index contributed by atoms with van der Waals surface area (Å²) in [5, 5.41) is 19.0. The monoisotopic (exact) mass is 304 g/mol. The molecule has 0 spiro atoms. The second-order valence-electron chi connectivity index (χ2n) is 5.09. The summed E-state index contributed by atoms with van der Waals surface area (Å²) >= 11 is 0. The van der Waals surface area contributed by atoms with E-state index in [-0.39, 0.29) is 24.5 Å². The zero-order valence-electron chi connectivity index (χ0n) is 11.9. The van der Waals surface area contributed by atoms with Crippen molar-refractivity contribution in [2.24, 2.45) is 0 Å². The summed E-state index contributed by atoms with van der Waals surface area (Å²) in [7, 11) is 0. The maximum Gasteiger partial charge on any atom is 0.276 e. The maximum absolute atomic E-state index is 12.2. The van der Waals surface area contributed by atoms with Gasteiger partial charge in [0.05, 0.1) is 18.3 Å². The molecule has 8 nitrogen and oxygen atoms in total. The molecule has 1 aliphatic heterocycles. The number of H-pyrrole nitrogens is 1. The first-order chi connectivity index (χ1) is 10.5. The van der Waals surface area contributed by atoms with Crippen LogP contribution >= 0.6 is 0 Å². The fraction of sp³-hybridized carbons (Fsp3) is 0.429. The predicted molar refractivity (Wildman–Crippen MR) is 78.9 cm³/mol. The zero-order valence-corrected chi connectivity index (χ0v) is 11.9. The molecule has 0 radical (unpaired) electrons. The average Bonchev–Trinajstić information content (AvgIpc) is 3.00. The smallest absolute Gasteiger partial charge is 0.276 e. The topological polar surface area (TPSA) is 126 Å². The number of anilines is 1. The molecule has 2 aromatic rings. The molecule has 1 saturated heterocycles. The number of aliphatic hydroxyl groups is 2. The van der Waals surface area contributed by atoms with Crippen LogP contribution in [0.25, 0.3) is 11.0 Å². The normalized spacial score (nSPS) is 24.4. The van der Waals surface area contributed by atoms with Crippen LogP contribution in [-0.4, -0.2) is 43.6 Å². The van der Waals surface area contributed by atoms with Crippen LogP contribution in [-0.2, 0) is 4.74 Å². The molecular weight excluding hydrogens is 288 g/mol. The summed E-state index contributed by atoms with van der Waals surface area (Å²) in [4.78, 5) is 18.8. The van der Waals surface area contributed by atoms with Gasteiger partial charge in [-0.2, -0.15) is 0 Å². The van der Waals surface area contributed by atoms with Crippen LogP contribution in [0.3, 0.4) is 0 Å². The first kappa shape index (κ1) is 14.6. The SMILES string of the molecule is CC#Cc1cn([C@H]2C[C@H](O)[C@@H](CO)O2)c2c(=O)[nH]c(N)nc12. The number of fused-ring (bicyclic) bond motifs is 1. The molecular formula is C14H16N4O4. The number of nitrogens with zero attached hydrogens (tertiary/aromatic N) is 2. The summed E-state index contributed by atoms with van der Waals surface area (Å²) in [5.74, 6) is 5.65. The van der Waals surface area contributed by atoms with Crippen LogP contribution in [0.15, 0.2) is 11.0 Å². The number of rotatable bonds is 2. The maximum atomic E-state index is 12.2. The van der Waals surface area contributed by atoms with Gasteiger partial charge >= 0.3 is 0 Å². The van der Waals surface area contributed by atoms with E-state index < -0.39 is 24.0 Å². The molecule has 1 aliphatic rings. The summed E-state index contributed by atoms with van der Waals surface area (Å²) in [5.41, 5.74) is 6.41. The Bertz CT molecular complexity index is 829. The lowest BCUT2D eigenvalue weighted by Crippen LogP contribution is -2.24. The van der Waals surface area contributed by atoms with Gasteiger partial charge in [0.15, 0.2) is 0 Å². The quantitative estimate of drug-likeness (QED) is 0.544. The Labute approximate surface area is 125 Å². The summed E-state index contributed by atoms with van der Waals surface area (Å²) in [6.07, 6.45) is -0.135. The first-order valence-electron chi connectivity index (χ1n) is 6.82. The highest BCUT2D eigenvalue weighted by atomic mass is 16.5. The Balaban J connectivity index is 2.18. The molecule has 2 aromatic heterocycles. The molecule has 116 valence electrons. The van der Waals surface area contributed by atoms with E-state index in [4.69, 9.17) is 10.5 Å². The van der Waals surface area contributed by atoms with E-state index >= 15 is 0 Å². The third-order valence-corrected chi connectivity index (χ3v) is 3.65. The van der Waals surface area contributed by atoms with Crippen molar-refractivity contribution in [1.29, 1.82) is 0 Å². The molecule has 0 aliphatic carbocycles. The van der Waals surface area contributed by atoms with E-state index in [9.17, 15) is 15.0 Å². The van der Waals surface area contributed by atoms with Crippen molar-refractivity contribution in [3.05, 3.63) is 22.1 Å². The average molecular weight is 304 g/mol. The Morgan fingerprint density at radius 3 is 3.05 bits per heavy atom. The first-order valence-corrected chi connectivity index (χ1v) is 6.82. The molecule has 0 amide bonds. The highest BCUT2D eigenvalue weighted by molar-refractivity contribution is 5.83. The van der Waals surface area contributed by atoms with Crippen molar-refractivity contribution in [3.8, 4) is 11.8 Å². The fourth-order valence-corrected chi connectivity index (χ4v) is 2.68. The number of aromatic amines is 1. The van der Waals surface area contributed by atoms with E-state index in [0.29, 0.717) is 11.1 Å². The van der Waals surface area contributed by atoms with Gasteiger partial charge in [0, 0.05) is 12.6 Å². The molecule has 0 unspecified atom stereocenters. The molecule has 5 N–H and O–H groups in total. The number of nitrogen functional groups attached to an aromatic ring is 1. The molecule has 0 aromatic carbocycles. The van der Waals surface area contributed by atoms with Gasteiger partial charge in [0.1, 0.15) is 23.4 Å². The van der Waals surface area contributed by atoms with Gasteiger partial charge in [0.2, 0.25) is 5.95 Å². The molecule has 3 heterocycles. The number of aliphatic hydroxyl groups excluding tert-OH is 2. The fourth-order valence-electron chi connectivity index (χ4n) is 2.68. The number of hydrogen-bond acceptors (Lipinski definition) is 6. The third-order valence-electron chi connectivity index (χ3n) is 3.65. The Morgan fingerprint density at radius 1 is 1.64 bits per heavy atom. The van der Waals surface area contributed by atoms with Crippen molar-refractivity contribution in [2.75, 3.05) is 12.3 Å². The van der Waals surface area contributed by atoms with Crippen LogP contribution < -0.4 is 11.3 Å². The van der Waals surface area contributed by atoms with Crippen LogP contribution in [0.2, 0.25) is 0 Å². The molecule has 3 atom stereocenters. The highest BCUT2D eigenvalue weighted by Crippen LogP contribution is 2.31. The lowest BCUT2D eigenvalue weighted by molar-refractivity contribution is -0.0429. The van der Waals surface area contributed by atoms with E-state index in [0.717, 1.165) is 0 Å². The number of ether oxygens (including phenoxy) is 1. The van der Waals surface area contributed by atoms with Gasteiger partial charge < -0.3 is 25.3 Å². The van der Waals surface area contributed by atoms with E-state index in [2.05, 4.69) is 21.8 Å². The highest BCUT2D eigenvalue weighted by Gasteiger charge is 2.35. The predicted octanol–water partition coefficient (Wildman–Crippen LogP) is -0.681. The number of hydrogen-bond donors (Lipinski definition) is 4. The third kappa shape index (κ3) is 2.25. The standard InChI is InChI=1S/C14H16N4O4/c1-2-3-7-5-18(10-4-8(20)9(6-19)22-10)12-11(7)16-14(15)17-13(12)21/h5,8-10,19-20H,4,6H2,1H3,(H3,15,16,17,21)/t8-,9+,10+/m0/s1. The Morgan fingerprint density at radius 2 is 2.41 bits per heavy atom. The largest absolute Gasteiger partial charge is 0.394 e. The second-order valence-corrected chi connectivity index (χ2v) is 5.09. The second kappa shape index (κ2) is 5.46. The minimum Gasteiger partial charge on any atom is -0.394 e. The number of aromatic nitrogens is 3. The van der Waals surface area contributed by atoms with Crippen LogP contribution in [0.5, 0.6) is 0 Å². The lowest BCUT2D eigenvalue weighted by Gasteiger charge is -2.14. The number of nitrogens with one attached hydrogen (secondary N) is 1. The van der Waals surface area contributed by atoms with Crippen molar-refractivity contribution >= 4 is 17.0 Å². The number of nitrogens with two attached hydrogens (primary N) is 1. The zero-order chi connectivity index (χ0) is 15.9. The van der Waals surface area contributed by atoms with Crippen molar-refractivity contribution in [2.45, 2.75) is 31.8 Å². The van der Waals surface area contributed by atoms with Gasteiger partial charge in [-0.05, 0) is 6.92 Å². The molecule has 22 heavy (non-hydrogen) atoms. The Kier molecular flexibility index (Phi) is 3.62. The van der Waals surface area contributed by atoms with Crippen LogP contribution in [0.4, 0.5) is 5.95 Å². The van der Waals surface area contributed by atoms with Gasteiger partial charge in [-0.15, -0.1) is 5.92 Å².